The second-order valence-electron chi connectivity index (χ2n) is 6.87. The SMILES string of the molecule is O=C(CSc1cc(N2CCN(c3ccccc3)CC2)ncn1)Nc1cccc(Cl)c1. The van der Waals surface area contributed by atoms with Crippen molar-refractivity contribution >= 4 is 46.5 Å². The lowest BCUT2D eigenvalue weighted by atomic mass is 10.2. The van der Waals surface area contributed by atoms with Gasteiger partial charge in [0, 0.05) is 48.6 Å². The largest absolute Gasteiger partial charge is 0.368 e. The third-order valence-corrected chi connectivity index (χ3v) is 5.97. The van der Waals surface area contributed by atoms with Gasteiger partial charge in [0.2, 0.25) is 5.91 Å². The molecule has 2 heterocycles. The van der Waals surface area contributed by atoms with Crippen LogP contribution in [-0.4, -0.2) is 47.8 Å². The number of nitrogens with one attached hydrogen (secondary N) is 1. The Morgan fingerprint density at radius 2 is 1.73 bits per heavy atom. The van der Waals surface area contributed by atoms with Gasteiger partial charge in [0.1, 0.15) is 17.2 Å². The minimum Gasteiger partial charge on any atom is -0.368 e. The standard InChI is InChI=1S/C22H22ClN5OS/c23-17-5-4-6-18(13-17)26-21(29)15-30-22-14-20(24-16-25-22)28-11-9-27(10-12-28)19-7-2-1-3-8-19/h1-8,13-14,16H,9-12,15H2,(H,26,29). The molecule has 1 amide bonds. The van der Waals surface area contributed by atoms with Gasteiger partial charge in [-0.15, -0.1) is 0 Å². The predicted octanol–water partition coefficient (Wildman–Crippen LogP) is 4.19. The smallest absolute Gasteiger partial charge is 0.234 e. The van der Waals surface area contributed by atoms with Crippen LogP contribution < -0.4 is 15.1 Å². The Bertz CT molecular complexity index is 996. The molecule has 1 fully saturated rings. The Hall–Kier alpha value is -2.77. The highest BCUT2D eigenvalue weighted by Gasteiger charge is 2.19. The Morgan fingerprint density at radius 3 is 2.50 bits per heavy atom. The fraction of sp³-hybridized carbons (Fsp3) is 0.227. The summed E-state index contributed by atoms with van der Waals surface area (Å²) in [5.74, 6) is 1.07. The zero-order chi connectivity index (χ0) is 20.8. The van der Waals surface area contributed by atoms with Gasteiger partial charge in [-0.3, -0.25) is 4.79 Å². The Kier molecular flexibility index (Phi) is 6.71. The van der Waals surface area contributed by atoms with Gasteiger partial charge in [-0.2, -0.15) is 0 Å². The molecular weight excluding hydrogens is 418 g/mol. The Balaban J connectivity index is 1.30. The minimum absolute atomic E-state index is 0.0982. The number of hydrogen-bond donors (Lipinski definition) is 1. The Morgan fingerprint density at radius 1 is 0.967 bits per heavy atom. The van der Waals surface area contributed by atoms with E-state index >= 15 is 0 Å². The fourth-order valence-electron chi connectivity index (χ4n) is 3.32. The number of halogens is 1. The topological polar surface area (TPSA) is 61.4 Å². The number of benzene rings is 2. The number of para-hydroxylation sites is 1. The van der Waals surface area contributed by atoms with Crippen LogP contribution in [0.1, 0.15) is 0 Å². The molecule has 6 nitrogen and oxygen atoms in total. The molecule has 0 atom stereocenters. The molecule has 1 N–H and O–H groups in total. The zero-order valence-corrected chi connectivity index (χ0v) is 17.9. The molecule has 0 saturated carbocycles. The van der Waals surface area contributed by atoms with Crippen molar-refractivity contribution < 1.29 is 4.79 Å². The maximum absolute atomic E-state index is 12.2. The van der Waals surface area contributed by atoms with Gasteiger partial charge in [-0.05, 0) is 30.3 Å². The summed E-state index contributed by atoms with van der Waals surface area (Å²) < 4.78 is 0. The van der Waals surface area contributed by atoms with Gasteiger partial charge >= 0.3 is 0 Å². The van der Waals surface area contributed by atoms with E-state index in [9.17, 15) is 4.79 Å². The van der Waals surface area contributed by atoms with Crippen molar-refractivity contribution in [2.75, 3.05) is 47.0 Å². The molecule has 1 aliphatic heterocycles. The summed E-state index contributed by atoms with van der Waals surface area (Å²) in [5.41, 5.74) is 1.94. The van der Waals surface area contributed by atoms with Crippen molar-refractivity contribution in [3.63, 3.8) is 0 Å². The first-order valence-corrected chi connectivity index (χ1v) is 11.1. The average molecular weight is 440 g/mol. The summed E-state index contributed by atoms with van der Waals surface area (Å²) in [4.78, 5) is 25.6. The van der Waals surface area contributed by atoms with Crippen LogP contribution in [0.2, 0.25) is 5.02 Å². The number of nitrogens with zero attached hydrogens (tertiary/aromatic N) is 4. The van der Waals surface area contributed by atoms with E-state index in [2.05, 4.69) is 49.4 Å². The molecule has 0 bridgehead atoms. The van der Waals surface area contributed by atoms with Crippen molar-refractivity contribution in [2.45, 2.75) is 5.03 Å². The van der Waals surface area contributed by atoms with E-state index in [0.717, 1.165) is 37.0 Å². The van der Waals surface area contributed by atoms with Gasteiger partial charge < -0.3 is 15.1 Å². The lowest BCUT2D eigenvalue weighted by molar-refractivity contribution is -0.113. The summed E-state index contributed by atoms with van der Waals surface area (Å²) in [6.07, 6.45) is 1.57. The number of amides is 1. The first-order chi connectivity index (χ1) is 14.7. The number of carbonyl (C=O) groups excluding carboxylic acids is 1. The normalized spacial score (nSPS) is 13.9. The lowest BCUT2D eigenvalue weighted by Crippen LogP contribution is -2.46. The van der Waals surface area contributed by atoms with Crippen LogP contribution in [0, 0.1) is 0 Å². The average Bonchev–Trinajstić information content (AvgIpc) is 2.79. The van der Waals surface area contributed by atoms with E-state index in [1.807, 2.05) is 18.2 Å². The van der Waals surface area contributed by atoms with Crippen molar-refractivity contribution in [3.05, 3.63) is 72.0 Å². The van der Waals surface area contributed by atoms with Crippen molar-refractivity contribution in [2.24, 2.45) is 0 Å². The van der Waals surface area contributed by atoms with Crippen LogP contribution in [-0.2, 0) is 4.79 Å². The molecule has 3 aromatic rings. The van der Waals surface area contributed by atoms with Crippen LogP contribution >= 0.6 is 23.4 Å². The zero-order valence-electron chi connectivity index (χ0n) is 16.4. The number of piperazine rings is 1. The summed E-state index contributed by atoms with van der Waals surface area (Å²) in [7, 11) is 0. The van der Waals surface area contributed by atoms with E-state index in [4.69, 9.17) is 11.6 Å². The van der Waals surface area contributed by atoms with E-state index in [0.29, 0.717) is 10.7 Å². The molecule has 1 aliphatic rings. The van der Waals surface area contributed by atoms with E-state index in [-0.39, 0.29) is 11.7 Å². The molecule has 30 heavy (non-hydrogen) atoms. The Labute approximate surface area is 185 Å². The number of hydrogen-bond acceptors (Lipinski definition) is 6. The number of aromatic nitrogens is 2. The molecule has 1 saturated heterocycles. The second kappa shape index (κ2) is 9.82. The molecule has 0 spiro atoms. The van der Waals surface area contributed by atoms with Gasteiger partial charge in [-0.25, -0.2) is 9.97 Å². The monoisotopic (exact) mass is 439 g/mol. The molecule has 154 valence electrons. The first kappa shape index (κ1) is 20.5. The van der Waals surface area contributed by atoms with Crippen LogP contribution in [0.25, 0.3) is 0 Å². The number of carbonyl (C=O) groups is 1. The number of rotatable bonds is 6. The van der Waals surface area contributed by atoms with Crippen molar-refractivity contribution in [3.8, 4) is 0 Å². The van der Waals surface area contributed by atoms with Crippen molar-refractivity contribution in [1.82, 2.24) is 9.97 Å². The van der Waals surface area contributed by atoms with Crippen LogP contribution in [0.4, 0.5) is 17.2 Å². The predicted molar refractivity (Wildman–Crippen MR) is 124 cm³/mol. The molecular formula is C22H22ClN5OS. The van der Waals surface area contributed by atoms with Crippen LogP contribution in [0.3, 0.4) is 0 Å². The van der Waals surface area contributed by atoms with E-state index in [1.165, 1.54) is 17.4 Å². The molecule has 8 heteroatoms. The fourth-order valence-corrected chi connectivity index (χ4v) is 4.17. The second-order valence-corrected chi connectivity index (χ2v) is 8.30. The summed E-state index contributed by atoms with van der Waals surface area (Å²) in [6, 6.07) is 19.5. The van der Waals surface area contributed by atoms with E-state index in [1.54, 1.807) is 24.5 Å². The van der Waals surface area contributed by atoms with E-state index < -0.39 is 0 Å². The number of anilines is 3. The third kappa shape index (κ3) is 5.43. The van der Waals surface area contributed by atoms with Gasteiger partial charge in [-0.1, -0.05) is 47.6 Å². The summed E-state index contributed by atoms with van der Waals surface area (Å²) in [6.45, 7) is 3.67. The minimum atomic E-state index is -0.0982. The molecule has 2 aromatic carbocycles. The summed E-state index contributed by atoms with van der Waals surface area (Å²) >= 11 is 7.35. The maximum Gasteiger partial charge on any atom is 0.234 e. The molecule has 0 radical (unpaired) electrons. The van der Waals surface area contributed by atoms with Gasteiger partial charge in [0.25, 0.3) is 0 Å². The highest BCUT2D eigenvalue weighted by Crippen LogP contribution is 2.23. The third-order valence-electron chi connectivity index (χ3n) is 4.81. The van der Waals surface area contributed by atoms with Crippen molar-refractivity contribution in [1.29, 1.82) is 0 Å². The maximum atomic E-state index is 12.2. The van der Waals surface area contributed by atoms with Gasteiger partial charge in [0.15, 0.2) is 0 Å². The lowest BCUT2D eigenvalue weighted by Gasteiger charge is -2.36. The molecule has 1 aromatic heterocycles. The highest BCUT2D eigenvalue weighted by molar-refractivity contribution is 7.99. The van der Waals surface area contributed by atoms with Crippen LogP contribution in [0.5, 0.6) is 0 Å². The first-order valence-electron chi connectivity index (χ1n) is 9.72. The highest BCUT2D eigenvalue weighted by atomic mass is 35.5. The molecule has 4 rings (SSSR count). The quantitative estimate of drug-likeness (QED) is 0.459. The summed E-state index contributed by atoms with van der Waals surface area (Å²) in [5, 5.41) is 4.22. The van der Waals surface area contributed by atoms with Gasteiger partial charge in [0.05, 0.1) is 5.75 Å². The number of thioether (sulfide) groups is 1. The molecule has 0 aliphatic carbocycles. The van der Waals surface area contributed by atoms with Crippen LogP contribution in [0.15, 0.2) is 72.0 Å². The molecule has 0 unspecified atom stereocenters.